The van der Waals surface area contributed by atoms with Crippen LogP contribution in [0.25, 0.3) is 0 Å². The second-order valence-electron chi connectivity index (χ2n) is 4.54. The van der Waals surface area contributed by atoms with Gasteiger partial charge in [0.05, 0.1) is 6.10 Å². The normalized spacial score (nSPS) is 17.1. The fourth-order valence-electron chi connectivity index (χ4n) is 1.85. The Morgan fingerprint density at radius 2 is 2.06 bits per heavy atom. The van der Waals surface area contributed by atoms with Crippen molar-refractivity contribution in [1.29, 1.82) is 0 Å². The molecule has 0 unspecified atom stereocenters. The minimum Gasteiger partial charge on any atom is -0.475 e. The standard InChI is InChI=1S/C12H20N4O/c1-10(2)17-11-6-7-13-12(14-11)15-16-8-4-3-5-9-16/h6-7,10H,3-5,8-9H2,1-2H3,(H,13,14,15). The Morgan fingerprint density at radius 1 is 1.29 bits per heavy atom. The summed E-state index contributed by atoms with van der Waals surface area (Å²) in [5.41, 5.74) is 3.23. The predicted molar refractivity (Wildman–Crippen MR) is 66.8 cm³/mol. The molecule has 2 rings (SSSR count). The van der Waals surface area contributed by atoms with Crippen LogP contribution in [0, 0.1) is 0 Å². The van der Waals surface area contributed by atoms with Crippen molar-refractivity contribution in [2.75, 3.05) is 18.5 Å². The molecule has 1 aliphatic heterocycles. The van der Waals surface area contributed by atoms with E-state index in [0.29, 0.717) is 11.8 Å². The van der Waals surface area contributed by atoms with Gasteiger partial charge in [-0.2, -0.15) is 4.98 Å². The first-order chi connectivity index (χ1) is 8.24. The van der Waals surface area contributed by atoms with Crippen LogP contribution in [0.3, 0.4) is 0 Å². The summed E-state index contributed by atoms with van der Waals surface area (Å²) in [7, 11) is 0. The Bertz CT molecular complexity index is 350. The number of ether oxygens (including phenoxy) is 1. The number of hydrazine groups is 1. The van der Waals surface area contributed by atoms with Gasteiger partial charge in [0, 0.05) is 25.4 Å². The van der Waals surface area contributed by atoms with Crippen molar-refractivity contribution in [3.63, 3.8) is 0 Å². The maximum Gasteiger partial charge on any atom is 0.240 e. The summed E-state index contributed by atoms with van der Waals surface area (Å²) in [6.07, 6.45) is 5.63. The number of nitrogens with one attached hydrogen (secondary N) is 1. The topological polar surface area (TPSA) is 50.3 Å². The lowest BCUT2D eigenvalue weighted by molar-refractivity contribution is 0.231. The molecule has 5 heteroatoms. The molecule has 1 aliphatic rings. The average Bonchev–Trinajstić information content (AvgIpc) is 2.30. The predicted octanol–water partition coefficient (Wildman–Crippen LogP) is 2.08. The number of hydrogen-bond acceptors (Lipinski definition) is 5. The molecule has 0 atom stereocenters. The molecule has 2 heterocycles. The summed E-state index contributed by atoms with van der Waals surface area (Å²) in [6, 6.07) is 1.78. The average molecular weight is 236 g/mol. The third kappa shape index (κ3) is 3.85. The molecular weight excluding hydrogens is 216 g/mol. The molecule has 1 aromatic rings. The highest BCUT2D eigenvalue weighted by molar-refractivity contribution is 5.26. The lowest BCUT2D eigenvalue weighted by Crippen LogP contribution is -2.35. The van der Waals surface area contributed by atoms with E-state index in [2.05, 4.69) is 20.4 Å². The van der Waals surface area contributed by atoms with Gasteiger partial charge in [0.15, 0.2) is 0 Å². The first-order valence-corrected chi connectivity index (χ1v) is 6.25. The van der Waals surface area contributed by atoms with Crippen LogP contribution in [0.1, 0.15) is 33.1 Å². The Morgan fingerprint density at radius 3 is 2.76 bits per heavy atom. The maximum atomic E-state index is 5.53. The van der Waals surface area contributed by atoms with Crippen LogP contribution in [0.15, 0.2) is 12.3 Å². The Balaban J connectivity index is 1.95. The maximum absolute atomic E-state index is 5.53. The van der Waals surface area contributed by atoms with Crippen molar-refractivity contribution in [2.45, 2.75) is 39.2 Å². The molecule has 5 nitrogen and oxygen atoms in total. The lowest BCUT2D eigenvalue weighted by atomic mass is 10.2. The summed E-state index contributed by atoms with van der Waals surface area (Å²) in [6.45, 7) is 6.08. The van der Waals surface area contributed by atoms with E-state index >= 15 is 0 Å². The van der Waals surface area contributed by atoms with Crippen LogP contribution in [0.2, 0.25) is 0 Å². The molecule has 1 N–H and O–H groups in total. The van der Waals surface area contributed by atoms with Gasteiger partial charge in [0.25, 0.3) is 0 Å². The summed E-state index contributed by atoms with van der Waals surface area (Å²) < 4.78 is 5.53. The summed E-state index contributed by atoms with van der Waals surface area (Å²) in [5, 5.41) is 2.16. The van der Waals surface area contributed by atoms with E-state index < -0.39 is 0 Å². The van der Waals surface area contributed by atoms with E-state index in [-0.39, 0.29) is 6.10 Å². The van der Waals surface area contributed by atoms with E-state index in [0.717, 1.165) is 13.1 Å². The third-order valence-corrected chi connectivity index (χ3v) is 2.60. The van der Waals surface area contributed by atoms with Crippen molar-refractivity contribution < 1.29 is 4.74 Å². The molecule has 1 fully saturated rings. The van der Waals surface area contributed by atoms with E-state index in [4.69, 9.17) is 4.74 Å². The van der Waals surface area contributed by atoms with Gasteiger partial charge >= 0.3 is 0 Å². The van der Waals surface area contributed by atoms with Gasteiger partial charge in [-0.25, -0.2) is 9.99 Å². The van der Waals surface area contributed by atoms with Gasteiger partial charge in [0.1, 0.15) is 0 Å². The van der Waals surface area contributed by atoms with Crippen LogP contribution < -0.4 is 10.2 Å². The van der Waals surface area contributed by atoms with Crippen molar-refractivity contribution in [3.8, 4) is 5.88 Å². The zero-order valence-electron chi connectivity index (χ0n) is 10.5. The lowest BCUT2D eigenvalue weighted by Gasteiger charge is -2.26. The molecule has 0 aromatic carbocycles. The molecule has 94 valence electrons. The summed E-state index contributed by atoms with van der Waals surface area (Å²) in [5.74, 6) is 1.24. The first-order valence-electron chi connectivity index (χ1n) is 6.25. The van der Waals surface area contributed by atoms with Crippen molar-refractivity contribution in [2.24, 2.45) is 0 Å². The van der Waals surface area contributed by atoms with Gasteiger partial charge < -0.3 is 4.74 Å². The molecule has 0 radical (unpaired) electrons. The number of rotatable bonds is 4. The number of nitrogens with zero attached hydrogens (tertiary/aromatic N) is 3. The molecule has 0 bridgehead atoms. The van der Waals surface area contributed by atoms with Gasteiger partial charge in [-0.05, 0) is 26.7 Å². The molecule has 0 spiro atoms. The third-order valence-electron chi connectivity index (χ3n) is 2.60. The molecule has 1 aromatic heterocycles. The van der Waals surface area contributed by atoms with E-state index in [1.807, 2.05) is 13.8 Å². The fraction of sp³-hybridized carbons (Fsp3) is 0.667. The minimum atomic E-state index is 0.132. The first kappa shape index (κ1) is 12.1. The highest BCUT2D eigenvalue weighted by Gasteiger charge is 2.11. The fourth-order valence-corrected chi connectivity index (χ4v) is 1.85. The SMILES string of the molecule is CC(C)Oc1ccnc(NN2CCCCC2)n1. The molecule has 0 amide bonds. The number of aromatic nitrogens is 2. The van der Waals surface area contributed by atoms with Crippen LogP contribution in [-0.2, 0) is 0 Å². The van der Waals surface area contributed by atoms with E-state index in [1.165, 1.54) is 19.3 Å². The van der Waals surface area contributed by atoms with Crippen LogP contribution >= 0.6 is 0 Å². The monoisotopic (exact) mass is 236 g/mol. The van der Waals surface area contributed by atoms with Crippen LogP contribution in [0.5, 0.6) is 5.88 Å². The smallest absolute Gasteiger partial charge is 0.240 e. The Hall–Kier alpha value is -1.36. The molecular formula is C12H20N4O. The molecule has 1 saturated heterocycles. The largest absolute Gasteiger partial charge is 0.475 e. The second-order valence-corrected chi connectivity index (χ2v) is 4.54. The Kier molecular flexibility index (Phi) is 4.14. The molecule has 0 aliphatic carbocycles. The molecule has 0 saturated carbocycles. The van der Waals surface area contributed by atoms with Crippen molar-refractivity contribution in [1.82, 2.24) is 15.0 Å². The van der Waals surface area contributed by atoms with Crippen LogP contribution in [-0.4, -0.2) is 34.2 Å². The zero-order chi connectivity index (χ0) is 12.1. The van der Waals surface area contributed by atoms with Crippen molar-refractivity contribution >= 4 is 5.95 Å². The van der Waals surface area contributed by atoms with Crippen molar-refractivity contribution in [3.05, 3.63) is 12.3 Å². The quantitative estimate of drug-likeness (QED) is 0.867. The van der Waals surface area contributed by atoms with Gasteiger partial charge in [-0.1, -0.05) is 6.42 Å². The Labute approximate surface area is 102 Å². The van der Waals surface area contributed by atoms with Gasteiger partial charge in [0.2, 0.25) is 11.8 Å². The highest BCUT2D eigenvalue weighted by atomic mass is 16.5. The van der Waals surface area contributed by atoms with Crippen LogP contribution in [0.4, 0.5) is 5.95 Å². The highest BCUT2D eigenvalue weighted by Crippen LogP contribution is 2.13. The van der Waals surface area contributed by atoms with E-state index in [1.54, 1.807) is 12.3 Å². The summed E-state index contributed by atoms with van der Waals surface area (Å²) in [4.78, 5) is 8.52. The summed E-state index contributed by atoms with van der Waals surface area (Å²) >= 11 is 0. The zero-order valence-corrected chi connectivity index (χ0v) is 10.5. The second kappa shape index (κ2) is 5.82. The number of anilines is 1. The minimum absolute atomic E-state index is 0.132. The van der Waals surface area contributed by atoms with E-state index in [9.17, 15) is 0 Å². The number of hydrogen-bond donors (Lipinski definition) is 1. The molecule has 17 heavy (non-hydrogen) atoms. The van der Waals surface area contributed by atoms with Gasteiger partial charge in [-0.3, -0.25) is 5.43 Å². The number of piperidine rings is 1. The van der Waals surface area contributed by atoms with Gasteiger partial charge in [-0.15, -0.1) is 0 Å².